The van der Waals surface area contributed by atoms with Crippen LogP contribution < -0.4 is 5.73 Å². The average molecular weight is 237 g/mol. The van der Waals surface area contributed by atoms with Crippen molar-refractivity contribution in [3.8, 4) is 0 Å². The van der Waals surface area contributed by atoms with Crippen LogP contribution in [0.2, 0.25) is 0 Å². The van der Waals surface area contributed by atoms with Crippen LogP contribution in [-0.2, 0) is 7.05 Å². The second kappa shape index (κ2) is 7.09. The standard InChI is InChI=1S/C13H23N3O/c1-3-4-5-6-7-8-9-12(17)11-10-15-16(2)13(11)14/h10H,3-9,14H2,1-2H3. The number of carbonyl (C=O) groups is 1. The van der Waals surface area contributed by atoms with E-state index in [0.29, 0.717) is 17.8 Å². The van der Waals surface area contributed by atoms with E-state index in [1.54, 1.807) is 13.2 Å². The van der Waals surface area contributed by atoms with E-state index < -0.39 is 0 Å². The van der Waals surface area contributed by atoms with Crippen LogP contribution in [0.25, 0.3) is 0 Å². The van der Waals surface area contributed by atoms with Crippen LogP contribution in [0.4, 0.5) is 5.82 Å². The molecule has 96 valence electrons. The Bertz CT molecular complexity index is 358. The van der Waals surface area contributed by atoms with E-state index in [1.165, 1.54) is 30.4 Å². The van der Waals surface area contributed by atoms with Crippen molar-refractivity contribution < 1.29 is 4.79 Å². The quantitative estimate of drug-likeness (QED) is 0.558. The van der Waals surface area contributed by atoms with Gasteiger partial charge in [0.1, 0.15) is 5.82 Å². The molecule has 0 unspecified atom stereocenters. The average Bonchev–Trinajstić information content (AvgIpc) is 2.64. The number of hydrogen-bond donors (Lipinski definition) is 1. The number of aryl methyl sites for hydroxylation is 1. The van der Waals surface area contributed by atoms with E-state index in [9.17, 15) is 4.79 Å². The van der Waals surface area contributed by atoms with Crippen molar-refractivity contribution >= 4 is 11.6 Å². The number of nitrogens with zero attached hydrogens (tertiary/aromatic N) is 2. The normalized spacial score (nSPS) is 10.7. The van der Waals surface area contributed by atoms with Gasteiger partial charge in [0.2, 0.25) is 0 Å². The first-order valence-corrected chi connectivity index (χ1v) is 6.47. The summed E-state index contributed by atoms with van der Waals surface area (Å²) in [7, 11) is 1.75. The molecule has 1 aromatic heterocycles. The highest BCUT2D eigenvalue weighted by atomic mass is 16.1. The molecule has 2 N–H and O–H groups in total. The fourth-order valence-electron chi connectivity index (χ4n) is 1.86. The monoisotopic (exact) mass is 237 g/mol. The van der Waals surface area contributed by atoms with Gasteiger partial charge in [0.05, 0.1) is 11.8 Å². The van der Waals surface area contributed by atoms with Gasteiger partial charge in [-0.15, -0.1) is 0 Å². The van der Waals surface area contributed by atoms with Crippen LogP contribution in [0.5, 0.6) is 0 Å². The minimum absolute atomic E-state index is 0.117. The summed E-state index contributed by atoms with van der Waals surface area (Å²) in [5.41, 5.74) is 6.32. The van der Waals surface area contributed by atoms with Gasteiger partial charge >= 0.3 is 0 Å². The lowest BCUT2D eigenvalue weighted by atomic mass is 10.1. The van der Waals surface area contributed by atoms with Crippen LogP contribution in [-0.4, -0.2) is 15.6 Å². The molecule has 17 heavy (non-hydrogen) atoms. The Morgan fingerprint density at radius 1 is 1.29 bits per heavy atom. The largest absolute Gasteiger partial charge is 0.383 e. The molecule has 1 heterocycles. The Balaban J connectivity index is 2.24. The SMILES string of the molecule is CCCCCCCCC(=O)c1cnn(C)c1N. The number of Topliss-reactive ketones (excluding diaryl/α,β-unsaturated/α-hetero) is 1. The van der Waals surface area contributed by atoms with Crippen molar-refractivity contribution in [3.63, 3.8) is 0 Å². The number of hydrogen-bond acceptors (Lipinski definition) is 3. The summed E-state index contributed by atoms with van der Waals surface area (Å²) in [6.07, 6.45) is 9.29. The summed E-state index contributed by atoms with van der Waals surface area (Å²) in [5.74, 6) is 0.590. The molecule has 0 saturated heterocycles. The van der Waals surface area contributed by atoms with Gasteiger partial charge in [0, 0.05) is 13.5 Å². The number of unbranched alkanes of at least 4 members (excludes halogenated alkanes) is 5. The van der Waals surface area contributed by atoms with Gasteiger partial charge in [0.25, 0.3) is 0 Å². The molecule has 0 bridgehead atoms. The maximum atomic E-state index is 11.8. The van der Waals surface area contributed by atoms with E-state index in [0.717, 1.165) is 12.8 Å². The number of aromatic nitrogens is 2. The molecule has 0 aliphatic rings. The maximum Gasteiger partial charge on any atom is 0.168 e. The maximum absolute atomic E-state index is 11.8. The zero-order chi connectivity index (χ0) is 12.7. The summed E-state index contributed by atoms with van der Waals surface area (Å²) in [5, 5.41) is 3.98. The summed E-state index contributed by atoms with van der Waals surface area (Å²) in [6.45, 7) is 2.20. The Morgan fingerprint density at radius 2 is 1.94 bits per heavy atom. The zero-order valence-corrected chi connectivity index (χ0v) is 10.9. The number of nitrogens with two attached hydrogens (primary N) is 1. The number of carbonyl (C=O) groups excluding carboxylic acids is 1. The molecule has 4 nitrogen and oxygen atoms in total. The predicted octanol–water partition coefficient (Wildman–Crippen LogP) is 2.94. The number of nitrogen functional groups attached to an aromatic ring is 1. The van der Waals surface area contributed by atoms with E-state index in [4.69, 9.17) is 5.73 Å². The third kappa shape index (κ3) is 4.21. The molecule has 1 rings (SSSR count). The Labute approximate surface area is 103 Å². The van der Waals surface area contributed by atoms with Crippen molar-refractivity contribution in [2.45, 2.75) is 51.9 Å². The molecule has 0 amide bonds. The van der Waals surface area contributed by atoms with Crippen molar-refractivity contribution in [1.29, 1.82) is 0 Å². The first kappa shape index (κ1) is 13.7. The van der Waals surface area contributed by atoms with Crippen LogP contribution in [0.15, 0.2) is 6.20 Å². The Morgan fingerprint density at radius 3 is 2.53 bits per heavy atom. The molecule has 0 aromatic carbocycles. The fraction of sp³-hybridized carbons (Fsp3) is 0.692. The molecule has 0 saturated carbocycles. The van der Waals surface area contributed by atoms with E-state index in [1.807, 2.05) is 0 Å². The molecule has 0 atom stereocenters. The second-order valence-corrected chi connectivity index (χ2v) is 4.51. The summed E-state index contributed by atoms with van der Waals surface area (Å²) < 4.78 is 1.54. The third-order valence-corrected chi connectivity index (χ3v) is 3.04. The van der Waals surface area contributed by atoms with Crippen LogP contribution >= 0.6 is 0 Å². The van der Waals surface area contributed by atoms with Gasteiger partial charge in [-0.3, -0.25) is 9.48 Å². The third-order valence-electron chi connectivity index (χ3n) is 3.04. The van der Waals surface area contributed by atoms with Crippen molar-refractivity contribution in [2.75, 3.05) is 5.73 Å². The fourth-order valence-corrected chi connectivity index (χ4v) is 1.86. The van der Waals surface area contributed by atoms with Gasteiger partial charge in [-0.25, -0.2) is 0 Å². The van der Waals surface area contributed by atoms with Crippen LogP contribution in [0.3, 0.4) is 0 Å². The van der Waals surface area contributed by atoms with Gasteiger partial charge in [0.15, 0.2) is 5.78 Å². The molecular weight excluding hydrogens is 214 g/mol. The lowest BCUT2D eigenvalue weighted by molar-refractivity contribution is 0.0980. The molecule has 0 spiro atoms. The van der Waals surface area contributed by atoms with Gasteiger partial charge < -0.3 is 5.73 Å². The summed E-state index contributed by atoms with van der Waals surface area (Å²) >= 11 is 0. The molecule has 0 fully saturated rings. The topological polar surface area (TPSA) is 60.9 Å². The van der Waals surface area contributed by atoms with Crippen LogP contribution in [0.1, 0.15) is 62.2 Å². The van der Waals surface area contributed by atoms with E-state index in [-0.39, 0.29) is 5.78 Å². The minimum Gasteiger partial charge on any atom is -0.383 e. The van der Waals surface area contributed by atoms with Crippen LogP contribution in [0, 0.1) is 0 Å². The highest BCUT2D eigenvalue weighted by Crippen LogP contribution is 2.15. The van der Waals surface area contributed by atoms with E-state index in [2.05, 4.69) is 12.0 Å². The zero-order valence-electron chi connectivity index (χ0n) is 10.9. The van der Waals surface area contributed by atoms with Crippen molar-refractivity contribution in [3.05, 3.63) is 11.8 Å². The van der Waals surface area contributed by atoms with Crippen molar-refractivity contribution in [1.82, 2.24) is 9.78 Å². The lowest BCUT2D eigenvalue weighted by Crippen LogP contribution is -2.04. The Hall–Kier alpha value is -1.32. The lowest BCUT2D eigenvalue weighted by Gasteiger charge is -2.01. The van der Waals surface area contributed by atoms with Gasteiger partial charge in [-0.1, -0.05) is 39.0 Å². The molecule has 4 heteroatoms. The van der Waals surface area contributed by atoms with Gasteiger partial charge in [-0.2, -0.15) is 5.10 Å². The molecular formula is C13H23N3O. The van der Waals surface area contributed by atoms with Crippen molar-refractivity contribution in [2.24, 2.45) is 7.05 Å². The molecule has 0 aliphatic heterocycles. The molecule has 0 aliphatic carbocycles. The van der Waals surface area contributed by atoms with Gasteiger partial charge in [-0.05, 0) is 6.42 Å². The summed E-state index contributed by atoms with van der Waals surface area (Å²) in [6, 6.07) is 0. The minimum atomic E-state index is 0.117. The van der Waals surface area contributed by atoms with E-state index >= 15 is 0 Å². The number of anilines is 1. The summed E-state index contributed by atoms with van der Waals surface area (Å²) in [4.78, 5) is 11.8. The number of rotatable bonds is 8. The highest BCUT2D eigenvalue weighted by molar-refractivity contribution is 5.99. The second-order valence-electron chi connectivity index (χ2n) is 4.51. The molecule has 0 radical (unpaired) electrons. The number of ketones is 1. The first-order valence-electron chi connectivity index (χ1n) is 6.47. The smallest absolute Gasteiger partial charge is 0.168 e. The first-order chi connectivity index (χ1) is 8.16. The Kier molecular flexibility index (Phi) is 5.73. The predicted molar refractivity (Wildman–Crippen MR) is 69.9 cm³/mol. The highest BCUT2D eigenvalue weighted by Gasteiger charge is 2.12. The molecule has 1 aromatic rings.